The van der Waals surface area contributed by atoms with Gasteiger partial charge in [0.05, 0.1) is 31.2 Å². The summed E-state index contributed by atoms with van der Waals surface area (Å²) in [4.78, 5) is 35.7. The molecule has 2 heterocycles. The molecule has 1 aliphatic rings. The third kappa shape index (κ3) is 5.95. The Morgan fingerprint density at radius 2 is 2.16 bits per heavy atom. The van der Waals surface area contributed by atoms with Crippen molar-refractivity contribution in [2.24, 2.45) is 0 Å². The minimum absolute atomic E-state index is 0.156. The maximum absolute atomic E-state index is 12.8. The summed E-state index contributed by atoms with van der Waals surface area (Å²) < 4.78 is 10.4. The van der Waals surface area contributed by atoms with E-state index in [9.17, 15) is 14.7 Å². The average Bonchev–Trinajstić information content (AvgIpc) is 3.11. The number of hydrogen-bond acceptors (Lipinski definition) is 8. The molecule has 0 aliphatic heterocycles. The fourth-order valence-corrected chi connectivity index (χ4v) is 5.31. The number of ether oxygens (including phenoxy) is 2. The number of terminal acetylenes is 1. The third-order valence-corrected chi connectivity index (χ3v) is 6.86. The highest BCUT2D eigenvalue weighted by molar-refractivity contribution is 7.20. The summed E-state index contributed by atoms with van der Waals surface area (Å²) in [5.41, 5.74) is 0.324. The highest BCUT2D eigenvalue weighted by Crippen LogP contribution is 2.28. The lowest BCUT2D eigenvalue weighted by Crippen LogP contribution is -2.43. The molecule has 0 saturated heterocycles. The zero-order valence-electron chi connectivity index (χ0n) is 18.7. The van der Waals surface area contributed by atoms with E-state index in [4.69, 9.17) is 15.9 Å². The van der Waals surface area contributed by atoms with Crippen molar-refractivity contribution >= 4 is 27.5 Å². The van der Waals surface area contributed by atoms with Crippen LogP contribution >= 0.6 is 11.3 Å². The van der Waals surface area contributed by atoms with Crippen LogP contribution in [0.3, 0.4) is 0 Å². The van der Waals surface area contributed by atoms with Gasteiger partial charge in [-0.05, 0) is 32.3 Å². The van der Waals surface area contributed by atoms with E-state index in [0.717, 1.165) is 25.7 Å². The van der Waals surface area contributed by atoms with Crippen LogP contribution in [0.25, 0.3) is 10.2 Å². The molecule has 3 rings (SSSR count). The fraction of sp³-hybridized carbons (Fsp3) is 0.609. The summed E-state index contributed by atoms with van der Waals surface area (Å²) in [5.74, 6) is 2.47. The van der Waals surface area contributed by atoms with Crippen LogP contribution in [0, 0.1) is 19.3 Å². The number of aliphatic hydroxyl groups excluding tert-OH is 1. The second-order valence-corrected chi connectivity index (χ2v) is 9.06. The SMILES string of the molecule is C#CCOCC(O)CN(Cc1nc2sc(C(=O)OCC)c(C)c2c(=O)[nH]1)C1CCCCC1. The molecule has 1 saturated carbocycles. The Morgan fingerprint density at radius 1 is 1.41 bits per heavy atom. The molecule has 0 spiro atoms. The van der Waals surface area contributed by atoms with Gasteiger partial charge in [0.15, 0.2) is 0 Å². The van der Waals surface area contributed by atoms with E-state index < -0.39 is 12.1 Å². The van der Waals surface area contributed by atoms with Crippen molar-refractivity contribution < 1.29 is 19.4 Å². The summed E-state index contributed by atoms with van der Waals surface area (Å²) in [6.07, 6.45) is 10.1. The van der Waals surface area contributed by atoms with Gasteiger partial charge in [-0.2, -0.15) is 0 Å². The topological polar surface area (TPSA) is 105 Å². The molecule has 1 fully saturated rings. The minimum Gasteiger partial charge on any atom is -0.462 e. The van der Waals surface area contributed by atoms with Gasteiger partial charge >= 0.3 is 5.97 Å². The first-order valence-electron chi connectivity index (χ1n) is 11.1. The Kier molecular flexibility index (Phi) is 8.82. The minimum atomic E-state index is -0.694. The number of carbonyl (C=O) groups excluding carboxylic acids is 1. The number of hydrogen-bond donors (Lipinski definition) is 2. The maximum atomic E-state index is 12.8. The van der Waals surface area contributed by atoms with Crippen molar-refractivity contribution in [1.82, 2.24) is 14.9 Å². The monoisotopic (exact) mass is 461 g/mol. The van der Waals surface area contributed by atoms with E-state index in [1.165, 1.54) is 17.8 Å². The van der Waals surface area contributed by atoms with Crippen LogP contribution in [0.15, 0.2) is 4.79 Å². The van der Waals surface area contributed by atoms with E-state index >= 15 is 0 Å². The smallest absolute Gasteiger partial charge is 0.348 e. The molecule has 174 valence electrons. The number of aryl methyl sites for hydroxylation is 1. The van der Waals surface area contributed by atoms with Crippen LogP contribution in [0.5, 0.6) is 0 Å². The van der Waals surface area contributed by atoms with Crippen LogP contribution in [-0.4, -0.2) is 64.5 Å². The van der Waals surface area contributed by atoms with Gasteiger partial charge in [0.1, 0.15) is 22.1 Å². The first-order valence-corrected chi connectivity index (χ1v) is 11.9. The summed E-state index contributed by atoms with van der Waals surface area (Å²) in [6, 6.07) is 0.298. The molecule has 0 amide bonds. The van der Waals surface area contributed by atoms with Crippen LogP contribution in [0.4, 0.5) is 0 Å². The molecule has 32 heavy (non-hydrogen) atoms. The first-order chi connectivity index (χ1) is 15.4. The Hall–Kier alpha value is -2.25. The van der Waals surface area contributed by atoms with Crippen molar-refractivity contribution in [2.75, 3.05) is 26.4 Å². The quantitative estimate of drug-likeness (QED) is 0.318. The molecule has 0 bridgehead atoms. The Labute approximate surface area is 191 Å². The highest BCUT2D eigenvalue weighted by atomic mass is 32.1. The number of aliphatic hydroxyl groups is 1. The molecular weight excluding hydrogens is 430 g/mol. The molecule has 9 heteroatoms. The van der Waals surface area contributed by atoms with E-state index in [1.54, 1.807) is 13.8 Å². The summed E-state index contributed by atoms with van der Waals surface area (Å²) in [5, 5.41) is 10.9. The van der Waals surface area contributed by atoms with E-state index in [-0.39, 0.29) is 25.4 Å². The molecule has 1 unspecified atom stereocenters. The number of fused-ring (bicyclic) bond motifs is 1. The van der Waals surface area contributed by atoms with Gasteiger partial charge in [0.2, 0.25) is 0 Å². The molecule has 2 N–H and O–H groups in total. The van der Waals surface area contributed by atoms with Gasteiger partial charge in [0, 0.05) is 12.6 Å². The van der Waals surface area contributed by atoms with Crippen LogP contribution in [0.1, 0.15) is 60.1 Å². The van der Waals surface area contributed by atoms with Crippen LogP contribution < -0.4 is 5.56 Å². The highest BCUT2D eigenvalue weighted by Gasteiger charge is 2.25. The van der Waals surface area contributed by atoms with Crippen molar-refractivity contribution in [1.29, 1.82) is 0 Å². The number of thiophene rings is 1. The number of esters is 1. The van der Waals surface area contributed by atoms with Gasteiger partial charge in [-0.15, -0.1) is 17.8 Å². The lowest BCUT2D eigenvalue weighted by molar-refractivity contribution is 0.00995. The lowest BCUT2D eigenvalue weighted by atomic mass is 9.94. The number of nitrogens with zero attached hydrogens (tertiary/aromatic N) is 2. The lowest BCUT2D eigenvalue weighted by Gasteiger charge is -2.35. The van der Waals surface area contributed by atoms with Crippen molar-refractivity contribution in [2.45, 2.75) is 64.6 Å². The second kappa shape index (κ2) is 11.6. The molecule has 2 aromatic rings. The molecule has 2 aromatic heterocycles. The third-order valence-electron chi connectivity index (χ3n) is 5.70. The molecule has 0 radical (unpaired) electrons. The number of aromatic amines is 1. The largest absolute Gasteiger partial charge is 0.462 e. The average molecular weight is 462 g/mol. The fourth-order valence-electron chi connectivity index (χ4n) is 4.21. The van der Waals surface area contributed by atoms with Gasteiger partial charge in [-0.1, -0.05) is 25.2 Å². The molecule has 1 aliphatic carbocycles. The maximum Gasteiger partial charge on any atom is 0.348 e. The number of nitrogens with one attached hydrogen (secondary N) is 1. The van der Waals surface area contributed by atoms with Crippen molar-refractivity contribution in [3.63, 3.8) is 0 Å². The number of rotatable bonds is 10. The Balaban J connectivity index is 1.84. The summed E-state index contributed by atoms with van der Waals surface area (Å²) in [7, 11) is 0. The molecular formula is C23H31N3O5S. The molecule has 0 aromatic carbocycles. The normalized spacial score (nSPS) is 15.7. The predicted molar refractivity (Wildman–Crippen MR) is 124 cm³/mol. The molecule has 1 atom stereocenters. The van der Waals surface area contributed by atoms with Crippen molar-refractivity contribution in [3.8, 4) is 12.3 Å². The van der Waals surface area contributed by atoms with E-state index in [0.29, 0.717) is 45.6 Å². The molecule has 8 nitrogen and oxygen atoms in total. The van der Waals surface area contributed by atoms with Crippen molar-refractivity contribution in [3.05, 3.63) is 26.6 Å². The van der Waals surface area contributed by atoms with Crippen LogP contribution in [-0.2, 0) is 16.0 Å². The summed E-state index contributed by atoms with van der Waals surface area (Å²) >= 11 is 1.18. The zero-order valence-corrected chi connectivity index (χ0v) is 19.5. The Bertz CT molecular complexity index is 1020. The second-order valence-electron chi connectivity index (χ2n) is 8.06. The van der Waals surface area contributed by atoms with Gasteiger partial charge in [0.25, 0.3) is 5.56 Å². The predicted octanol–water partition coefficient (Wildman–Crippen LogP) is 2.62. The standard InChI is InChI=1S/C23H31N3O5S/c1-4-11-30-14-17(27)12-26(16-9-7-6-8-10-16)13-18-24-21(28)19-15(3)20(23(29)31-5-2)32-22(19)25-18/h1,16-17,27H,5-14H2,2-3H3,(H,24,25,28). The van der Waals surface area contributed by atoms with E-state index in [1.807, 2.05) is 0 Å². The Morgan fingerprint density at radius 3 is 2.84 bits per heavy atom. The number of carbonyl (C=O) groups is 1. The summed E-state index contributed by atoms with van der Waals surface area (Å²) in [6.45, 7) is 4.86. The number of H-pyrrole nitrogens is 1. The van der Waals surface area contributed by atoms with E-state index in [2.05, 4.69) is 20.8 Å². The first kappa shape index (κ1) is 24.4. The van der Waals surface area contributed by atoms with Gasteiger partial charge in [-0.25, -0.2) is 9.78 Å². The van der Waals surface area contributed by atoms with Crippen LogP contribution in [0.2, 0.25) is 0 Å². The number of aromatic nitrogens is 2. The van der Waals surface area contributed by atoms with Gasteiger partial charge < -0.3 is 19.6 Å². The zero-order chi connectivity index (χ0) is 23.1. The van der Waals surface area contributed by atoms with Gasteiger partial charge in [-0.3, -0.25) is 9.69 Å².